The zero-order valence-corrected chi connectivity index (χ0v) is 12.8. The minimum Gasteiger partial charge on any atom is -0.324 e. The Morgan fingerprint density at radius 1 is 1.14 bits per heavy atom. The molecule has 1 atom stereocenters. The molecule has 2 rings (SSSR count). The Morgan fingerprint density at radius 2 is 1.76 bits per heavy atom. The van der Waals surface area contributed by atoms with Gasteiger partial charge in [-0.2, -0.15) is 0 Å². The number of nitrogens with zero attached hydrogens (tertiary/aromatic N) is 1. The van der Waals surface area contributed by atoms with Crippen molar-refractivity contribution in [3.63, 3.8) is 0 Å². The maximum Gasteiger partial charge on any atom is 0.126 e. The highest BCUT2D eigenvalue weighted by atomic mass is 19.1. The van der Waals surface area contributed by atoms with E-state index in [1.165, 1.54) is 44.2 Å². The molecule has 118 valence electrons. The summed E-state index contributed by atoms with van der Waals surface area (Å²) in [6.45, 7) is 1.96. The molecule has 0 heterocycles. The van der Waals surface area contributed by atoms with Gasteiger partial charge in [-0.25, -0.2) is 8.78 Å². The second-order valence-electron chi connectivity index (χ2n) is 6.36. The van der Waals surface area contributed by atoms with Gasteiger partial charge in [0.2, 0.25) is 0 Å². The zero-order valence-electron chi connectivity index (χ0n) is 12.8. The second-order valence-corrected chi connectivity index (χ2v) is 6.36. The van der Waals surface area contributed by atoms with Gasteiger partial charge >= 0.3 is 0 Å². The number of nitrogens with two attached hydrogens (primary N) is 1. The Kier molecular flexibility index (Phi) is 6.12. The van der Waals surface area contributed by atoms with Gasteiger partial charge in [-0.05, 0) is 56.5 Å². The van der Waals surface area contributed by atoms with Gasteiger partial charge in [0.05, 0.1) is 0 Å². The fourth-order valence-electron chi connectivity index (χ4n) is 3.22. The minimum atomic E-state index is -0.559. The molecule has 1 aromatic rings. The van der Waals surface area contributed by atoms with Crippen molar-refractivity contribution in [1.82, 2.24) is 4.90 Å². The van der Waals surface area contributed by atoms with Crippen LogP contribution in [0, 0.1) is 17.6 Å². The SMILES string of the molecule is CN(CCC(N)c1cc(F)cc(F)c1)CC1CCCCC1. The van der Waals surface area contributed by atoms with E-state index in [4.69, 9.17) is 5.73 Å². The van der Waals surface area contributed by atoms with Crippen LogP contribution in [0.25, 0.3) is 0 Å². The van der Waals surface area contributed by atoms with Gasteiger partial charge < -0.3 is 10.6 Å². The molecule has 0 bridgehead atoms. The maximum atomic E-state index is 13.2. The Hall–Kier alpha value is -1.00. The van der Waals surface area contributed by atoms with Gasteiger partial charge in [-0.1, -0.05) is 19.3 Å². The predicted molar refractivity (Wildman–Crippen MR) is 82.0 cm³/mol. The van der Waals surface area contributed by atoms with Crippen LogP contribution in [0.15, 0.2) is 18.2 Å². The largest absolute Gasteiger partial charge is 0.324 e. The summed E-state index contributed by atoms with van der Waals surface area (Å²) in [5, 5.41) is 0. The minimum absolute atomic E-state index is 0.316. The van der Waals surface area contributed by atoms with Crippen LogP contribution in [0.4, 0.5) is 8.78 Å². The van der Waals surface area contributed by atoms with E-state index in [9.17, 15) is 8.78 Å². The number of hydrogen-bond donors (Lipinski definition) is 1. The van der Waals surface area contributed by atoms with Crippen LogP contribution in [0.2, 0.25) is 0 Å². The lowest BCUT2D eigenvalue weighted by atomic mass is 9.89. The molecule has 1 fully saturated rings. The van der Waals surface area contributed by atoms with Crippen LogP contribution in [0.3, 0.4) is 0 Å². The molecule has 0 radical (unpaired) electrons. The van der Waals surface area contributed by atoms with E-state index < -0.39 is 11.6 Å². The summed E-state index contributed by atoms with van der Waals surface area (Å²) >= 11 is 0. The quantitative estimate of drug-likeness (QED) is 0.863. The predicted octanol–water partition coefficient (Wildman–Crippen LogP) is 3.87. The molecule has 1 aliphatic carbocycles. The molecule has 1 aliphatic rings. The highest BCUT2D eigenvalue weighted by Gasteiger charge is 2.16. The first-order valence-corrected chi connectivity index (χ1v) is 7.94. The van der Waals surface area contributed by atoms with Crippen LogP contribution in [-0.4, -0.2) is 25.0 Å². The molecule has 1 saturated carbocycles. The van der Waals surface area contributed by atoms with Gasteiger partial charge in [0.1, 0.15) is 11.6 Å². The van der Waals surface area contributed by atoms with Crippen molar-refractivity contribution < 1.29 is 8.78 Å². The third-order valence-corrected chi connectivity index (χ3v) is 4.43. The van der Waals surface area contributed by atoms with Crippen molar-refractivity contribution in [2.75, 3.05) is 20.1 Å². The summed E-state index contributed by atoms with van der Waals surface area (Å²) in [6.07, 6.45) is 7.43. The van der Waals surface area contributed by atoms with Gasteiger partial charge in [-0.15, -0.1) is 0 Å². The lowest BCUT2D eigenvalue weighted by molar-refractivity contribution is 0.228. The first-order chi connectivity index (χ1) is 10.0. The van der Waals surface area contributed by atoms with Gasteiger partial charge in [-0.3, -0.25) is 0 Å². The van der Waals surface area contributed by atoms with E-state index in [-0.39, 0.29) is 6.04 Å². The number of hydrogen-bond acceptors (Lipinski definition) is 2. The number of halogens is 2. The molecule has 0 aliphatic heterocycles. The molecule has 0 spiro atoms. The highest BCUT2D eigenvalue weighted by molar-refractivity contribution is 5.21. The van der Waals surface area contributed by atoms with Crippen LogP contribution in [0.1, 0.15) is 50.1 Å². The average molecular weight is 296 g/mol. The van der Waals surface area contributed by atoms with E-state index in [1.54, 1.807) is 0 Å². The van der Waals surface area contributed by atoms with Gasteiger partial charge in [0, 0.05) is 18.7 Å². The van der Waals surface area contributed by atoms with Crippen molar-refractivity contribution in [2.45, 2.75) is 44.6 Å². The first-order valence-electron chi connectivity index (χ1n) is 7.94. The van der Waals surface area contributed by atoms with E-state index in [0.29, 0.717) is 12.0 Å². The van der Waals surface area contributed by atoms with Crippen molar-refractivity contribution in [2.24, 2.45) is 11.7 Å². The van der Waals surface area contributed by atoms with Crippen molar-refractivity contribution in [3.05, 3.63) is 35.4 Å². The molecular formula is C17H26F2N2. The topological polar surface area (TPSA) is 29.3 Å². The highest BCUT2D eigenvalue weighted by Crippen LogP contribution is 2.24. The average Bonchev–Trinajstić information content (AvgIpc) is 2.45. The van der Waals surface area contributed by atoms with E-state index in [0.717, 1.165) is 25.1 Å². The van der Waals surface area contributed by atoms with Crippen LogP contribution in [0.5, 0.6) is 0 Å². The molecule has 21 heavy (non-hydrogen) atoms. The van der Waals surface area contributed by atoms with Crippen molar-refractivity contribution >= 4 is 0 Å². The van der Waals surface area contributed by atoms with E-state index >= 15 is 0 Å². The van der Waals surface area contributed by atoms with Crippen LogP contribution >= 0.6 is 0 Å². The molecule has 2 nitrogen and oxygen atoms in total. The molecule has 4 heteroatoms. The molecule has 0 aromatic heterocycles. The van der Waals surface area contributed by atoms with E-state index in [1.807, 2.05) is 0 Å². The van der Waals surface area contributed by atoms with Crippen molar-refractivity contribution in [3.8, 4) is 0 Å². The molecule has 1 aromatic carbocycles. The third-order valence-electron chi connectivity index (χ3n) is 4.43. The fourth-order valence-corrected chi connectivity index (χ4v) is 3.22. The summed E-state index contributed by atoms with van der Waals surface area (Å²) in [7, 11) is 2.10. The Balaban J connectivity index is 1.78. The summed E-state index contributed by atoms with van der Waals surface area (Å²) in [5.74, 6) is -0.321. The van der Waals surface area contributed by atoms with Crippen LogP contribution < -0.4 is 5.73 Å². The lowest BCUT2D eigenvalue weighted by Gasteiger charge is -2.27. The Labute approximate surface area is 126 Å². The third kappa shape index (κ3) is 5.36. The Bertz CT molecular complexity index is 424. The smallest absolute Gasteiger partial charge is 0.126 e. The normalized spacial score (nSPS) is 18.1. The van der Waals surface area contributed by atoms with Gasteiger partial charge in [0.15, 0.2) is 0 Å². The molecule has 0 amide bonds. The molecular weight excluding hydrogens is 270 g/mol. The van der Waals surface area contributed by atoms with Gasteiger partial charge in [0.25, 0.3) is 0 Å². The summed E-state index contributed by atoms with van der Waals surface area (Å²) in [5.41, 5.74) is 6.59. The zero-order chi connectivity index (χ0) is 15.2. The van der Waals surface area contributed by atoms with E-state index in [2.05, 4.69) is 11.9 Å². The fraction of sp³-hybridized carbons (Fsp3) is 0.647. The van der Waals surface area contributed by atoms with Crippen molar-refractivity contribution in [1.29, 1.82) is 0 Å². The lowest BCUT2D eigenvalue weighted by Crippen LogP contribution is -2.29. The second kappa shape index (κ2) is 7.85. The number of rotatable bonds is 6. The molecule has 2 N–H and O–H groups in total. The molecule has 0 saturated heterocycles. The first kappa shape index (κ1) is 16.4. The Morgan fingerprint density at radius 3 is 2.38 bits per heavy atom. The monoisotopic (exact) mass is 296 g/mol. The molecule has 1 unspecified atom stereocenters. The summed E-state index contributed by atoms with van der Waals surface area (Å²) in [6, 6.07) is 3.22. The maximum absolute atomic E-state index is 13.2. The van der Waals surface area contributed by atoms with Crippen LogP contribution in [-0.2, 0) is 0 Å². The standard InChI is InChI=1S/C17H26F2N2/c1-21(12-13-5-3-2-4-6-13)8-7-17(20)14-9-15(18)11-16(19)10-14/h9-11,13,17H,2-8,12,20H2,1H3. The number of benzene rings is 1. The summed E-state index contributed by atoms with van der Waals surface area (Å²) in [4.78, 5) is 2.30. The summed E-state index contributed by atoms with van der Waals surface area (Å²) < 4.78 is 26.4.